The molecular weight excluding hydrogens is 328 g/mol. The zero-order valence-corrected chi connectivity index (χ0v) is 15.3. The van der Waals surface area contributed by atoms with E-state index in [0.717, 1.165) is 31.5 Å². The summed E-state index contributed by atoms with van der Waals surface area (Å²) in [6.07, 6.45) is 0.818. The van der Waals surface area contributed by atoms with Gasteiger partial charge < -0.3 is 20.1 Å². The number of aliphatic hydroxyl groups is 1. The Morgan fingerprint density at radius 2 is 1.92 bits per heavy atom. The lowest BCUT2D eigenvalue weighted by atomic mass is 10.0. The van der Waals surface area contributed by atoms with E-state index in [2.05, 4.69) is 10.2 Å². The highest BCUT2D eigenvalue weighted by molar-refractivity contribution is 6.30. The molecule has 1 aromatic carbocycles. The smallest absolute Gasteiger partial charge is 0.407 e. The van der Waals surface area contributed by atoms with E-state index in [9.17, 15) is 9.90 Å². The van der Waals surface area contributed by atoms with E-state index in [0.29, 0.717) is 11.6 Å². The average Bonchev–Trinajstić information content (AvgIpc) is 2.48. The van der Waals surface area contributed by atoms with Crippen molar-refractivity contribution in [3.8, 4) is 0 Å². The minimum atomic E-state index is -0.530. The van der Waals surface area contributed by atoms with E-state index < -0.39 is 11.7 Å². The lowest BCUT2D eigenvalue weighted by Crippen LogP contribution is -2.46. The fraction of sp³-hybridized carbons (Fsp3) is 0.611. The van der Waals surface area contributed by atoms with Gasteiger partial charge >= 0.3 is 6.09 Å². The number of carbonyl (C=O) groups excluding carboxylic acids is 1. The average molecular weight is 355 g/mol. The lowest BCUT2D eigenvalue weighted by molar-refractivity contribution is 0.0459. The quantitative estimate of drug-likeness (QED) is 0.870. The number of aliphatic hydroxyl groups excluding tert-OH is 1. The molecule has 0 saturated carbocycles. The first-order valence-corrected chi connectivity index (χ1v) is 8.76. The molecule has 134 valence electrons. The van der Waals surface area contributed by atoms with Gasteiger partial charge in [0.1, 0.15) is 5.60 Å². The van der Waals surface area contributed by atoms with Crippen LogP contribution in [-0.4, -0.2) is 47.4 Å². The van der Waals surface area contributed by atoms with E-state index in [1.54, 1.807) is 12.1 Å². The number of rotatable bonds is 4. The molecule has 2 N–H and O–H groups in total. The first-order valence-electron chi connectivity index (χ1n) is 8.38. The van der Waals surface area contributed by atoms with E-state index in [1.165, 1.54) is 0 Å². The highest BCUT2D eigenvalue weighted by Gasteiger charge is 2.24. The predicted molar refractivity (Wildman–Crippen MR) is 95.2 cm³/mol. The lowest BCUT2D eigenvalue weighted by Gasteiger charge is -2.33. The van der Waals surface area contributed by atoms with Crippen LogP contribution in [-0.2, 0) is 4.74 Å². The van der Waals surface area contributed by atoms with Crippen LogP contribution >= 0.6 is 11.6 Å². The van der Waals surface area contributed by atoms with Gasteiger partial charge in [0.05, 0.1) is 6.10 Å². The molecule has 0 unspecified atom stereocenters. The van der Waals surface area contributed by atoms with Gasteiger partial charge in [0.25, 0.3) is 0 Å². The first kappa shape index (κ1) is 19.0. The van der Waals surface area contributed by atoms with Crippen LogP contribution in [0.5, 0.6) is 0 Å². The van der Waals surface area contributed by atoms with Crippen LogP contribution in [0.2, 0.25) is 5.02 Å². The first-order chi connectivity index (χ1) is 11.2. The molecule has 1 aliphatic rings. The summed E-state index contributed by atoms with van der Waals surface area (Å²) in [6, 6.07) is 7.41. The molecule has 6 heteroatoms. The summed E-state index contributed by atoms with van der Waals surface area (Å²) >= 11 is 5.87. The molecule has 2 rings (SSSR count). The Bertz CT molecular complexity index is 534. The van der Waals surface area contributed by atoms with Crippen molar-refractivity contribution < 1.29 is 14.6 Å². The van der Waals surface area contributed by atoms with E-state index in [4.69, 9.17) is 16.3 Å². The van der Waals surface area contributed by atoms with E-state index in [-0.39, 0.29) is 12.1 Å². The largest absolute Gasteiger partial charge is 0.444 e. The highest BCUT2D eigenvalue weighted by atomic mass is 35.5. The third-order valence-corrected chi connectivity index (χ3v) is 4.25. The highest BCUT2D eigenvalue weighted by Crippen LogP contribution is 2.20. The molecule has 1 saturated heterocycles. The Kier molecular flexibility index (Phi) is 6.49. The number of nitrogens with zero attached hydrogens (tertiary/aromatic N) is 1. The second-order valence-corrected chi connectivity index (χ2v) is 7.72. The van der Waals surface area contributed by atoms with Gasteiger partial charge in [0, 0.05) is 30.7 Å². The maximum Gasteiger partial charge on any atom is 0.407 e. The fourth-order valence-corrected chi connectivity index (χ4v) is 2.89. The van der Waals surface area contributed by atoms with Crippen LogP contribution in [0.3, 0.4) is 0 Å². The summed E-state index contributed by atoms with van der Waals surface area (Å²) in [6.45, 7) is 7.82. The topological polar surface area (TPSA) is 61.8 Å². The second kappa shape index (κ2) is 8.19. The Labute approximate surface area is 148 Å². The van der Waals surface area contributed by atoms with Gasteiger partial charge in [-0.2, -0.15) is 0 Å². The molecule has 0 bridgehead atoms. The molecule has 1 aliphatic heterocycles. The number of carbonyl (C=O) groups is 1. The predicted octanol–water partition coefficient (Wildman–Crippen LogP) is 3.36. The monoisotopic (exact) mass is 354 g/mol. The zero-order valence-electron chi connectivity index (χ0n) is 14.6. The number of β-amino-alcohol motifs (C(OH)–C–C–N with tert-alkyl or cyclic N) is 1. The summed E-state index contributed by atoms with van der Waals surface area (Å²) in [5.74, 6) is 0. The minimum absolute atomic E-state index is 0.128. The SMILES string of the molecule is CC(C)(C)OC(=O)NC1CCN(C[C@H](O)c2ccc(Cl)cc2)CC1. The summed E-state index contributed by atoms with van der Waals surface area (Å²) in [7, 11) is 0. The Morgan fingerprint density at radius 3 is 2.46 bits per heavy atom. The van der Waals surface area contributed by atoms with Crippen LogP contribution in [0.1, 0.15) is 45.3 Å². The van der Waals surface area contributed by atoms with Crippen molar-refractivity contribution >= 4 is 17.7 Å². The van der Waals surface area contributed by atoms with Crippen LogP contribution < -0.4 is 5.32 Å². The van der Waals surface area contributed by atoms with Crippen molar-refractivity contribution in [2.75, 3.05) is 19.6 Å². The van der Waals surface area contributed by atoms with Crippen LogP contribution in [0, 0.1) is 0 Å². The second-order valence-electron chi connectivity index (χ2n) is 7.29. The third-order valence-electron chi connectivity index (χ3n) is 3.99. The van der Waals surface area contributed by atoms with Crippen LogP contribution in [0.25, 0.3) is 0 Å². The van der Waals surface area contributed by atoms with Crippen molar-refractivity contribution in [1.29, 1.82) is 0 Å². The number of likely N-dealkylation sites (tertiary alicyclic amines) is 1. The van der Waals surface area contributed by atoms with Crippen molar-refractivity contribution in [2.24, 2.45) is 0 Å². The van der Waals surface area contributed by atoms with Crippen molar-refractivity contribution in [2.45, 2.75) is 51.4 Å². The maximum absolute atomic E-state index is 11.8. The Morgan fingerprint density at radius 1 is 1.33 bits per heavy atom. The van der Waals surface area contributed by atoms with Gasteiger partial charge in [0.15, 0.2) is 0 Å². The number of halogens is 1. The molecule has 1 aromatic rings. The number of benzene rings is 1. The van der Waals surface area contributed by atoms with Crippen LogP contribution in [0.4, 0.5) is 4.79 Å². The maximum atomic E-state index is 11.8. The van der Waals surface area contributed by atoms with Gasteiger partial charge in [-0.05, 0) is 51.3 Å². The number of nitrogens with one attached hydrogen (secondary N) is 1. The molecule has 1 fully saturated rings. The van der Waals surface area contributed by atoms with E-state index >= 15 is 0 Å². The summed E-state index contributed by atoms with van der Waals surface area (Å²) in [5, 5.41) is 13.9. The van der Waals surface area contributed by atoms with Gasteiger partial charge in [-0.15, -0.1) is 0 Å². The molecule has 0 spiro atoms. The molecular formula is C18H27ClN2O3. The Hall–Kier alpha value is -1.30. The van der Waals surface area contributed by atoms with Gasteiger partial charge in [-0.3, -0.25) is 0 Å². The normalized spacial score (nSPS) is 18.2. The van der Waals surface area contributed by atoms with Gasteiger partial charge in [0.2, 0.25) is 0 Å². The minimum Gasteiger partial charge on any atom is -0.444 e. The number of amides is 1. The zero-order chi connectivity index (χ0) is 17.7. The molecule has 1 heterocycles. The van der Waals surface area contributed by atoms with Gasteiger partial charge in [-0.25, -0.2) is 4.79 Å². The third kappa shape index (κ3) is 6.30. The molecule has 1 amide bonds. The van der Waals surface area contributed by atoms with E-state index in [1.807, 2.05) is 32.9 Å². The molecule has 0 aliphatic carbocycles. The Balaban J connectivity index is 1.74. The standard InChI is InChI=1S/C18H27ClN2O3/c1-18(2,3)24-17(23)20-15-8-10-21(11-9-15)12-16(22)13-4-6-14(19)7-5-13/h4-7,15-16,22H,8-12H2,1-3H3,(H,20,23)/t16-/m0/s1. The summed E-state index contributed by atoms with van der Waals surface area (Å²) in [4.78, 5) is 14.0. The van der Waals surface area contributed by atoms with Crippen molar-refractivity contribution in [1.82, 2.24) is 10.2 Å². The van der Waals surface area contributed by atoms with Gasteiger partial charge in [-0.1, -0.05) is 23.7 Å². The number of alkyl carbamates (subject to hydrolysis) is 1. The van der Waals surface area contributed by atoms with Crippen LogP contribution in [0.15, 0.2) is 24.3 Å². The molecule has 24 heavy (non-hydrogen) atoms. The molecule has 5 nitrogen and oxygen atoms in total. The summed E-state index contributed by atoms with van der Waals surface area (Å²) in [5.41, 5.74) is 0.390. The van der Waals surface area contributed by atoms with Crippen molar-refractivity contribution in [3.05, 3.63) is 34.9 Å². The molecule has 1 atom stereocenters. The molecule has 0 aromatic heterocycles. The number of ether oxygens (including phenoxy) is 1. The number of hydrogen-bond donors (Lipinski definition) is 2. The number of hydrogen-bond acceptors (Lipinski definition) is 4. The summed E-state index contributed by atoms with van der Waals surface area (Å²) < 4.78 is 5.28. The number of piperidine rings is 1. The van der Waals surface area contributed by atoms with Crippen molar-refractivity contribution in [3.63, 3.8) is 0 Å². The fourth-order valence-electron chi connectivity index (χ4n) is 2.77. The molecule has 0 radical (unpaired) electrons.